The van der Waals surface area contributed by atoms with Crippen molar-refractivity contribution in [1.29, 1.82) is 0 Å². The van der Waals surface area contributed by atoms with Crippen LogP contribution in [0.4, 0.5) is 0 Å². The third-order valence-electron chi connectivity index (χ3n) is 3.82. The average molecular weight is 240 g/mol. The maximum Gasteiger partial charge on any atom is 0.0223 e. The Morgan fingerprint density at radius 3 is 2.18 bits per heavy atom. The van der Waals surface area contributed by atoms with Crippen LogP contribution >= 0.6 is 0 Å². The molecule has 1 rings (SSSR count). The maximum absolute atomic E-state index is 3.36. The molecule has 2 heteroatoms. The van der Waals surface area contributed by atoms with Crippen molar-refractivity contribution in [3.05, 3.63) is 0 Å². The smallest absolute Gasteiger partial charge is 0.0223 e. The molecule has 1 atom stereocenters. The highest BCUT2D eigenvalue weighted by Crippen LogP contribution is 2.27. The van der Waals surface area contributed by atoms with Gasteiger partial charge in [0, 0.05) is 18.6 Å². The fourth-order valence-corrected chi connectivity index (χ4v) is 3.25. The fourth-order valence-electron chi connectivity index (χ4n) is 3.25. The van der Waals surface area contributed by atoms with Gasteiger partial charge in [-0.15, -0.1) is 0 Å². The van der Waals surface area contributed by atoms with E-state index < -0.39 is 0 Å². The van der Waals surface area contributed by atoms with E-state index in [1.807, 2.05) is 0 Å². The van der Waals surface area contributed by atoms with Crippen LogP contribution < -0.4 is 5.32 Å². The van der Waals surface area contributed by atoms with Gasteiger partial charge in [0.2, 0.25) is 0 Å². The van der Waals surface area contributed by atoms with Crippen LogP contribution in [0, 0.1) is 11.8 Å². The highest BCUT2D eigenvalue weighted by atomic mass is 15.2. The van der Waals surface area contributed by atoms with Crippen molar-refractivity contribution in [2.24, 2.45) is 11.8 Å². The number of hydrogen-bond donors (Lipinski definition) is 1. The molecule has 1 saturated heterocycles. The van der Waals surface area contributed by atoms with Gasteiger partial charge in [-0.05, 0) is 51.1 Å². The summed E-state index contributed by atoms with van der Waals surface area (Å²) in [5.74, 6) is 1.63. The monoisotopic (exact) mass is 240 g/mol. The van der Waals surface area contributed by atoms with Crippen molar-refractivity contribution in [1.82, 2.24) is 10.2 Å². The lowest BCUT2D eigenvalue weighted by atomic mass is 9.94. The van der Waals surface area contributed by atoms with E-state index in [0.29, 0.717) is 0 Å². The Bertz CT molecular complexity index is 191. The van der Waals surface area contributed by atoms with Crippen LogP contribution in [0.15, 0.2) is 0 Å². The minimum atomic E-state index is 0.780. The zero-order valence-electron chi connectivity index (χ0n) is 12.5. The average Bonchev–Trinajstić information content (AvgIpc) is 2.64. The van der Waals surface area contributed by atoms with E-state index in [-0.39, 0.29) is 0 Å². The Balaban J connectivity index is 2.60. The molecule has 1 aliphatic rings. The lowest BCUT2D eigenvalue weighted by Crippen LogP contribution is -2.44. The molecule has 0 spiro atoms. The number of nitrogens with zero attached hydrogens (tertiary/aromatic N) is 1. The Morgan fingerprint density at radius 2 is 1.71 bits per heavy atom. The normalized spacial score (nSPS) is 22.2. The SMILES string of the molecule is CNCC1CCCN1C(CC(C)C)CC(C)C. The summed E-state index contributed by atoms with van der Waals surface area (Å²) in [5.41, 5.74) is 0. The summed E-state index contributed by atoms with van der Waals surface area (Å²) < 4.78 is 0. The molecule has 0 bridgehead atoms. The topological polar surface area (TPSA) is 15.3 Å². The first-order valence-electron chi connectivity index (χ1n) is 7.45. The third-order valence-corrected chi connectivity index (χ3v) is 3.82. The van der Waals surface area contributed by atoms with Crippen molar-refractivity contribution < 1.29 is 0 Å². The number of likely N-dealkylation sites (tertiary alicyclic amines) is 1. The quantitative estimate of drug-likeness (QED) is 0.735. The predicted molar refractivity (Wildman–Crippen MR) is 76.4 cm³/mol. The van der Waals surface area contributed by atoms with Gasteiger partial charge in [0.25, 0.3) is 0 Å². The van der Waals surface area contributed by atoms with Gasteiger partial charge in [-0.3, -0.25) is 4.90 Å². The van der Waals surface area contributed by atoms with E-state index in [1.165, 1.54) is 32.2 Å². The summed E-state index contributed by atoms with van der Waals surface area (Å²) in [4.78, 5) is 2.79. The molecule has 0 aromatic carbocycles. The molecule has 0 aromatic rings. The Kier molecular flexibility index (Phi) is 6.50. The summed E-state index contributed by atoms with van der Waals surface area (Å²) in [5, 5.41) is 3.36. The largest absolute Gasteiger partial charge is 0.318 e. The molecule has 1 heterocycles. The Hall–Kier alpha value is -0.0800. The molecule has 0 saturated carbocycles. The van der Waals surface area contributed by atoms with E-state index in [0.717, 1.165) is 30.5 Å². The van der Waals surface area contributed by atoms with Crippen LogP contribution in [0.25, 0.3) is 0 Å². The van der Waals surface area contributed by atoms with Crippen molar-refractivity contribution in [2.45, 2.75) is 65.5 Å². The van der Waals surface area contributed by atoms with Crippen LogP contribution in [0.1, 0.15) is 53.4 Å². The van der Waals surface area contributed by atoms with Crippen molar-refractivity contribution in [3.8, 4) is 0 Å². The molecule has 1 fully saturated rings. The molecular formula is C15H32N2. The zero-order valence-corrected chi connectivity index (χ0v) is 12.5. The van der Waals surface area contributed by atoms with Gasteiger partial charge in [0.15, 0.2) is 0 Å². The molecule has 0 radical (unpaired) electrons. The van der Waals surface area contributed by atoms with Gasteiger partial charge in [-0.25, -0.2) is 0 Å². The standard InChI is InChI=1S/C15H32N2/c1-12(2)9-15(10-13(3)4)17-8-6-7-14(17)11-16-5/h12-16H,6-11H2,1-5H3. The lowest BCUT2D eigenvalue weighted by Gasteiger charge is -2.35. The first kappa shape index (κ1) is 15.0. The summed E-state index contributed by atoms with van der Waals surface area (Å²) in [6, 6.07) is 1.58. The van der Waals surface area contributed by atoms with Crippen molar-refractivity contribution >= 4 is 0 Å². The highest BCUT2D eigenvalue weighted by Gasteiger charge is 2.30. The second kappa shape index (κ2) is 7.38. The summed E-state index contributed by atoms with van der Waals surface area (Å²) in [6.45, 7) is 11.9. The van der Waals surface area contributed by atoms with Gasteiger partial charge in [0.05, 0.1) is 0 Å². The van der Waals surface area contributed by atoms with Gasteiger partial charge in [-0.2, -0.15) is 0 Å². The second-order valence-corrected chi connectivity index (χ2v) is 6.50. The number of nitrogens with one attached hydrogen (secondary N) is 1. The first-order chi connectivity index (χ1) is 8.04. The Labute approximate surface area is 108 Å². The first-order valence-corrected chi connectivity index (χ1v) is 7.45. The maximum atomic E-state index is 3.36. The van der Waals surface area contributed by atoms with Crippen molar-refractivity contribution in [2.75, 3.05) is 20.1 Å². The zero-order chi connectivity index (χ0) is 12.8. The summed E-state index contributed by atoms with van der Waals surface area (Å²) in [7, 11) is 2.08. The molecule has 0 amide bonds. The number of rotatable bonds is 7. The summed E-state index contributed by atoms with van der Waals surface area (Å²) >= 11 is 0. The molecule has 1 unspecified atom stereocenters. The fraction of sp³-hybridized carbons (Fsp3) is 1.00. The van der Waals surface area contributed by atoms with E-state index in [9.17, 15) is 0 Å². The molecule has 17 heavy (non-hydrogen) atoms. The highest BCUT2D eigenvalue weighted by molar-refractivity contribution is 4.86. The molecular weight excluding hydrogens is 208 g/mol. The lowest BCUT2D eigenvalue weighted by molar-refractivity contribution is 0.137. The van der Waals surface area contributed by atoms with Gasteiger partial charge in [-0.1, -0.05) is 27.7 Å². The van der Waals surface area contributed by atoms with E-state index in [4.69, 9.17) is 0 Å². The van der Waals surface area contributed by atoms with E-state index >= 15 is 0 Å². The molecule has 1 aliphatic heterocycles. The van der Waals surface area contributed by atoms with Crippen LogP contribution in [0.2, 0.25) is 0 Å². The number of hydrogen-bond acceptors (Lipinski definition) is 2. The second-order valence-electron chi connectivity index (χ2n) is 6.50. The number of likely N-dealkylation sites (N-methyl/N-ethyl adjacent to an activating group) is 1. The molecule has 0 aromatic heterocycles. The Morgan fingerprint density at radius 1 is 1.12 bits per heavy atom. The molecule has 2 nitrogen and oxygen atoms in total. The van der Waals surface area contributed by atoms with Crippen LogP contribution in [-0.4, -0.2) is 37.1 Å². The summed E-state index contributed by atoms with van der Waals surface area (Å²) in [6.07, 6.45) is 5.49. The minimum Gasteiger partial charge on any atom is -0.318 e. The van der Waals surface area contributed by atoms with Crippen molar-refractivity contribution in [3.63, 3.8) is 0 Å². The van der Waals surface area contributed by atoms with E-state index in [2.05, 4.69) is 45.0 Å². The van der Waals surface area contributed by atoms with E-state index in [1.54, 1.807) is 0 Å². The third kappa shape index (κ3) is 4.97. The van der Waals surface area contributed by atoms with Crippen LogP contribution in [-0.2, 0) is 0 Å². The molecule has 1 N–H and O–H groups in total. The minimum absolute atomic E-state index is 0.780. The van der Waals surface area contributed by atoms with Gasteiger partial charge >= 0.3 is 0 Å². The van der Waals surface area contributed by atoms with Crippen LogP contribution in [0.5, 0.6) is 0 Å². The van der Waals surface area contributed by atoms with Crippen LogP contribution in [0.3, 0.4) is 0 Å². The predicted octanol–water partition coefficient (Wildman–Crippen LogP) is 3.13. The molecule has 0 aliphatic carbocycles. The van der Waals surface area contributed by atoms with Gasteiger partial charge < -0.3 is 5.32 Å². The molecule has 102 valence electrons. The van der Waals surface area contributed by atoms with Gasteiger partial charge in [0.1, 0.15) is 0 Å².